The van der Waals surface area contributed by atoms with Gasteiger partial charge in [0.1, 0.15) is 0 Å². The molecule has 0 amide bonds. The van der Waals surface area contributed by atoms with E-state index in [-0.39, 0.29) is 5.97 Å². The molecule has 0 aliphatic carbocycles. The molecule has 0 fully saturated rings. The maximum atomic E-state index is 11.5. The number of ether oxygens (including phenoxy) is 1. The lowest BCUT2D eigenvalue weighted by Crippen LogP contribution is -2.08. The van der Waals surface area contributed by atoms with Crippen LogP contribution in [0.2, 0.25) is 0 Å². The van der Waals surface area contributed by atoms with E-state index in [4.69, 9.17) is 4.74 Å². The number of carbonyl (C=O) groups excluding carboxylic acids is 1. The molecule has 1 rings (SSSR count). The Morgan fingerprint density at radius 3 is 2.88 bits per heavy atom. The highest BCUT2D eigenvalue weighted by atomic mass is 32.2. The Bertz CT molecular complexity index is 366. The summed E-state index contributed by atoms with van der Waals surface area (Å²) in [7, 11) is 0. The van der Waals surface area contributed by atoms with Crippen LogP contribution in [0.1, 0.15) is 36.5 Å². The van der Waals surface area contributed by atoms with Crippen LogP contribution in [0.15, 0.2) is 0 Å². The van der Waals surface area contributed by atoms with Crippen molar-refractivity contribution >= 4 is 17.7 Å². The van der Waals surface area contributed by atoms with Crippen LogP contribution in [0.25, 0.3) is 0 Å². The normalized spacial score (nSPS) is 10.5. The van der Waals surface area contributed by atoms with Crippen molar-refractivity contribution in [1.29, 1.82) is 0 Å². The molecule has 0 atom stereocenters. The van der Waals surface area contributed by atoms with E-state index in [0.717, 1.165) is 30.2 Å². The summed E-state index contributed by atoms with van der Waals surface area (Å²) < 4.78 is 6.67. The van der Waals surface area contributed by atoms with Gasteiger partial charge in [0, 0.05) is 6.54 Å². The molecular weight excluding hydrogens is 238 g/mol. The van der Waals surface area contributed by atoms with E-state index in [0.29, 0.717) is 12.3 Å². The van der Waals surface area contributed by atoms with Crippen molar-refractivity contribution in [3.8, 4) is 0 Å². The molecule has 0 saturated carbocycles. The van der Waals surface area contributed by atoms with E-state index in [1.165, 1.54) is 0 Å². The van der Waals surface area contributed by atoms with Gasteiger partial charge in [0.25, 0.3) is 0 Å². The summed E-state index contributed by atoms with van der Waals surface area (Å²) in [4.78, 5) is 11.5. The third kappa shape index (κ3) is 4.03. The van der Waals surface area contributed by atoms with Crippen LogP contribution in [0, 0.1) is 6.92 Å². The highest BCUT2D eigenvalue weighted by Crippen LogP contribution is 2.08. The summed E-state index contributed by atoms with van der Waals surface area (Å²) in [6.07, 6.45) is 1.03. The Labute approximate surface area is 106 Å². The fourth-order valence-electron chi connectivity index (χ4n) is 1.42. The first kappa shape index (κ1) is 14.0. The van der Waals surface area contributed by atoms with Crippen molar-refractivity contribution in [2.45, 2.75) is 33.7 Å². The molecule has 96 valence electrons. The predicted molar refractivity (Wildman–Crippen MR) is 68.3 cm³/mol. The van der Waals surface area contributed by atoms with E-state index in [1.807, 2.05) is 18.7 Å². The summed E-state index contributed by atoms with van der Waals surface area (Å²) in [5.74, 6) is 1.84. The van der Waals surface area contributed by atoms with Crippen LogP contribution in [0.3, 0.4) is 0 Å². The summed E-state index contributed by atoms with van der Waals surface area (Å²) in [6, 6.07) is 0. The maximum Gasteiger partial charge on any atom is 0.360 e. The Morgan fingerprint density at radius 1 is 1.47 bits per heavy atom. The molecule has 0 radical (unpaired) electrons. The molecular formula is C11H19N3O2S. The lowest BCUT2D eigenvalue weighted by Gasteiger charge is -2.03. The number of hydrogen-bond acceptors (Lipinski definition) is 5. The maximum absolute atomic E-state index is 11.5. The van der Waals surface area contributed by atoms with Gasteiger partial charge in [0.15, 0.2) is 5.69 Å². The van der Waals surface area contributed by atoms with Gasteiger partial charge < -0.3 is 4.74 Å². The Morgan fingerprint density at radius 2 is 2.24 bits per heavy atom. The monoisotopic (exact) mass is 257 g/mol. The molecule has 1 aromatic rings. The summed E-state index contributed by atoms with van der Waals surface area (Å²) in [5, 5.41) is 7.84. The van der Waals surface area contributed by atoms with Crippen LogP contribution in [-0.4, -0.2) is 39.1 Å². The second kappa shape index (κ2) is 7.32. The highest BCUT2D eigenvalue weighted by molar-refractivity contribution is 7.99. The van der Waals surface area contributed by atoms with E-state index in [9.17, 15) is 4.79 Å². The zero-order valence-corrected chi connectivity index (χ0v) is 11.4. The molecule has 0 spiro atoms. The van der Waals surface area contributed by atoms with Gasteiger partial charge in [-0.1, -0.05) is 12.1 Å². The van der Waals surface area contributed by atoms with Gasteiger partial charge in [-0.25, -0.2) is 9.48 Å². The fraction of sp³-hybridized carbons (Fsp3) is 0.727. The molecule has 1 aromatic heterocycles. The van der Waals surface area contributed by atoms with Crippen molar-refractivity contribution in [3.05, 3.63) is 11.4 Å². The van der Waals surface area contributed by atoms with Gasteiger partial charge in [0.05, 0.1) is 12.3 Å². The van der Waals surface area contributed by atoms with Crippen LogP contribution in [0.4, 0.5) is 0 Å². The second-order valence-electron chi connectivity index (χ2n) is 3.52. The van der Waals surface area contributed by atoms with Crippen LogP contribution in [0.5, 0.6) is 0 Å². The summed E-state index contributed by atoms with van der Waals surface area (Å²) >= 11 is 1.90. The molecule has 0 bridgehead atoms. The third-order valence-electron chi connectivity index (χ3n) is 2.31. The van der Waals surface area contributed by atoms with Crippen molar-refractivity contribution in [1.82, 2.24) is 15.0 Å². The van der Waals surface area contributed by atoms with E-state index >= 15 is 0 Å². The Balaban J connectivity index is 2.54. The summed E-state index contributed by atoms with van der Waals surface area (Å²) in [5.41, 5.74) is 1.11. The first-order valence-electron chi connectivity index (χ1n) is 5.85. The number of rotatable bonds is 7. The van der Waals surface area contributed by atoms with Gasteiger partial charge in [-0.15, -0.1) is 5.10 Å². The van der Waals surface area contributed by atoms with Gasteiger partial charge >= 0.3 is 5.97 Å². The average molecular weight is 257 g/mol. The van der Waals surface area contributed by atoms with Crippen molar-refractivity contribution in [2.75, 3.05) is 18.1 Å². The minimum Gasteiger partial charge on any atom is -0.461 e. The van der Waals surface area contributed by atoms with E-state index in [2.05, 4.69) is 17.2 Å². The third-order valence-corrected chi connectivity index (χ3v) is 3.30. The molecule has 17 heavy (non-hydrogen) atoms. The zero-order chi connectivity index (χ0) is 12.7. The first-order valence-corrected chi connectivity index (χ1v) is 7.01. The number of carbonyl (C=O) groups is 1. The van der Waals surface area contributed by atoms with Crippen LogP contribution < -0.4 is 0 Å². The van der Waals surface area contributed by atoms with Crippen LogP contribution >= 0.6 is 11.8 Å². The minimum atomic E-state index is -0.390. The lowest BCUT2D eigenvalue weighted by molar-refractivity contribution is 0.0518. The number of hydrogen-bond donors (Lipinski definition) is 0. The van der Waals surface area contributed by atoms with E-state index in [1.54, 1.807) is 11.6 Å². The number of esters is 1. The topological polar surface area (TPSA) is 57.0 Å². The Kier molecular flexibility index (Phi) is 6.04. The van der Waals surface area contributed by atoms with Crippen molar-refractivity contribution in [3.63, 3.8) is 0 Å². The quantitative estimate of drug-likeness (QED) is 0.551. The molecule has 6 heteroatoms. The smallest absolute Gasteiger partial charge is 0.360 e. The van der Waals surface area contributed by atoms with Crippen molar-refractivity contribution in [2.24, 2.45) is 0 Å². The molecule has 0 unspecified atom stereocenters. The molecule has 5 nitrogen and oxygen atoms in total. The van der Waals surface area contributed by atoms with E-state index < -0.39 is 0 Å². The average Bonchev–Trinajstić information content (AvgIpc) is 2.67. The fourth-order valence-corrected chi connectivity index (χ4v) is 2.04. The number of thioether (sulfide) groups is 1. The number of aromatic nitrogens is 3. The van der Waals surface area contributed by atoms with Gasteiger partial charge in [-0.05, 0) is 31.8 Å². The molecule has 0 aliphatic heterocycles. The largest absolute Gasteiger partial charge is 0.461 e. The number of nitrogens with zero attached hydrogens (tertiary/aromatic N) is 3. The first-order chi connectivity index (χ1) is 8.20. The minimum absolute atomic E-state index is 0.329. The summed E-state index contributed by atoms with van der Waals surface area (Å²) in [6.45, 7) is 6.92. The lowest BCUT2D eigenvalue weighted by atomic mass is 10.3. The highest BCUT2D eigenvalue weighted by Gasteiger charge is 2.16. The van der Waals surface area contributed by atoms with Gasteiger partial charge in [-0.2, -0.15) is 11.8 Å². The zero-order valence-electron chi connectivity index (χ0n) is 10.6. The second-order valence-corrected chi connectivity index (χ2v) is 4.91. The molecule has 0 aromatic carbocycles. The molecule has 0 saturated heterocycles. The molecule has 1 heterocycles. The molecule has 0 aliphatic rings. The van der Waals surface area contributed by atoms with Crippen LogP contribution in [-0.2, 0) is 11.3 Å². The number of aryl methyl sites for hydroxylation is 1. The van der Waals surface area contributed by atoms with Crippen molar-refractivity contribution < 1.29 is 9.53 Å². The standard InChI is InChI=1S/C11H19N3O2S/c1-4-16-11(15)10-9(3)14(13-12-10)7-6-8-17-5-2/h4-8H2,1-3H3. The predicted octanol–water partition coefficient (Wildman–Crippen LogP) is 1.91. The Hall–Kier alpha value is -1.04. The van der Waals surface area contributed by atoms with Gasteiger partial charge in [-0.3, -0.25) is 0 Å². The van der Waals surface area contributed by atoms with Gasteiger partial charge in [0.2, 0.25) is 0 Å². The molecule has 0 N–H and O–H groups in total. The SMILES string of the molecule is CCOC(=O)c1nnn(CCCSCC)c1C.